The molecule has 0 aromatic carbocycles. The van der Waals surface area contributed by atoms with Crippen LogP contribution in [0.4, 0.5) is 0 Å². The van der Waals surface area contributed by atoms with Crippen LogP contribution in [0, 0.1) is 12.8 Å². The van der Waals surface area contributed by atoms with Gasteiger partial charge in [0.15, 0.2) is 0 Å². The summed E-state index contributed by atoms with van der Waals surface area (Å²) >= 11 is 0. The van der Waals surface area contributed by atoms with Gasteiger partial charge in [0, 0.05) is 12.4 Å². The van der Waals surface area contributed by atoms with Crippen molar-refractivity contribution in [3.05, 3.63) is 29.9 Å². The van der Waals surface area contributed by atoms with Crippen LogP contribution in [0.2, 0.25) is 0 Å². The molecule has 0 radical (unpaired) electrons. The largest absolute Gasteiger partial charge is 0.466 e. The third-order valence-corrected chi connectivity index (χ3v) is 3.22. The quantitative estimate of drug-likeness (QED) is 0.769. The lowest BCUT2D eigenvalue weighted by Gasteiger charge is -2.20. The van der Waals surface area contributed by atoms with Crippen LogP contribution in [0.3, 0.4) is 0 Å². The summed E-state index contributed by atoms with van der Waals surface area (Å²) in [4.78, 5) is 20.2. The van der Waals surface area contributed by atoms with Gasteiger partial charge in [0.05, 0.1) is 23.9 Å². The molecule has 96 valence electrons. The van der Waals surface area contributed by atoms with Crippen LogP contribution >= 0.6 is 0 Å². The van der Waals surface area contributed by atoms with Gasteiger partial charge >= 0.3 is 5.97 Å². The van der Waals surface area contributed by atoms with Crippen molar-refractivity contribution < 1.29 is 9.53 Å². The average molecular weight is 246 g/mol. The van der Waals surface area contributed by atoms with E-state index in [4.69, 9.17) is 4.74 Å². The minimum Gasteiger partial charge on any atom is -0.466 e. The number of nitrogens with zero attached hydrogens (tertiary/aromatic N) is 2. The van der Waals surface area contributed by atoms with Gasteiger partial charge in [-0.25, -0.2) is 0 Å². The van der Waals surface area contributed by atoms with Gasteiger partial charge in [-0.1, -0.05) is 6.08 Å². The van der Waals surface area contributed by atoms with Crippen LogP contribution in [-0.2, 0) is 9.53 Å². The second-order valence-electron chi connectivity index (χ2n) is 4.44. The molecule has 1 heterocycles. The topological polar surface area (TPSA) is 52.1 Å². The molecule has 0 bridgehead atoms. The zero-order valence-electron chi connectivity index (χ0n) is 10.8. The predicted molar refractivity (Wildman–Crippen MR) is 68.7 cm³/mol. The molecule has 2 rings (SSSR count). The molecular weight excluding hydrogens is 228 g/mol. The van der Waals surface area contributed by atoms with Gasteiger partial charge in [-0.3, -0.25) is 14.8 Å². The Hall–Kier alpha value is -1.71. The zero-order chi connectivity index (χ0) is 13.0. The van der Waals surface area contributed by atoms with Gasteiger partial charge in [0.2, 0.25) is 0 Å². The van der Waals surface area contributed by atoms with Crippen LogP contribution in [0.5, 0.6) is 0 Å². The van der Waals surface area contributed by atoms with Crippen molar-refractivity contribution in [2.24, 2.45) is 5.92 Å². The standard InChI is InChI=1S/C14H18N2O2/c1-3-18-14(17)12-6-4-11(5-7-12)13-10(2)15-8-9-16-13/h4,8-9,12H,3,5-7H2,1-2H3/t12-/m1/s1. The molecule has 0 N–H and O–H groups in total. The van der Waals surface area contributed by atoms with Crippen molar-refractivity contribution in [1.29, 1.82) is 0 Å². The lowest BCUT2D eigenvalue weighted by molar-refractivity contribution is -0.148. The number of hydrogen-bond donors (Lipinski definition) is 0. The second kappa shape index (κ2) is 5.76. The Kier molecular flexibility index (Phi) is 4.07. The molecule has 0 unspecified atom stereocenters. The molecule has 1 aromatic rings. The number of hydrogen-bond acceptors (Lipinski definition) is 4. The van der Waals surface area contributed by atoms with E-state index in [1.165, 1.54) is 5.57 Å². The molecule has 0 saturated carbocycles. The highest BCUT2D eigenvalue weighted by Gasteiger charge is 2.23. The Morgan fingerprint density at radius 1 is 1.44 bits per heavy atom. The van der Waals surface area contributed by atoms with Crippen LogP contribution < -0.4 is 0 Å². The van der Waals surface area contributed by atoms with E-state index in [2.05, 4.69) is 16.0 Å². The summed E-state index contributed by atoms with van der Waals surface area (Å²) in [5.74, 6) is -0.0747. The lowest BCUT2D eigenvalue weighted by Crippen LogP contribution is -2.19. The van der Waals surface area contributed by atoms with Crippen molar-refractivity contribution >= 4 is 11.5 Å². The Morgan fingerprint density at radius 3 is 2.83 bits per heavy atom. The number of aromatic nitrogens is 2. The van der Waals surface area contributed by atoms with Crippen molar-refractivity contribution in [3.63, 3.8) is 0 Å². The first-order chi connectivity index (χ1) is 8.72. The molecule has 4 heteroatoms. The van der Waals surface area contributed by atoms with E-state index < -0.39 is 0 Å². The normalized spacial score (nSPS) is 19.2. The van der Waals surface area contributed by atoms with E-state index in [0.29, 0.717) is 6.61 Å². The predicted octanol–water partition coefficient (Wildman–Crippen LogP) is 2.53. The van der Waals surface area contributed by atoms with Gasteiger partial charge in [0.1, 0.15) is 0 Å². The van der Waals surface area contributed by atoms with Crippen LogP contribution in [0.15, 0.2) is 18.5 Å². The Bertz CT molecular complexity index is 469. The van der Waals surface area contributed by atoms with Gasteiger partial charge < -0.3 is 4.74 Å². The summed E-state index contributed by atoms with van der Waals surface area (Å²) in [6.07, 6.45) is 7.94. The molecule has 1 aliphatic carbocycles. The third kappa shape index (κ3) is 2.75. The first-order valence-corrected chi connectivity index (χ1v) is 6.36. The van der Waals surface area contributed by atoms with Crippen LogP contribution in [0.25, 0.3) is 5.57 Å². The van der Waals surface area contributed by atoms with Crippen molar-refractivity contribution in [3.8, 4) is 0 Å². The van der Waals surface area contributed by atoms with Gasteiger partial charge in [-0.05, 0) is 38.7 Å². The molecular formula is C14H18N2O2. The first-order valence-electron chi connectivity index (χ1n) is 6.36. The summed E-state index contributed by atoms with van der Waals surface area (Å²) < 4.78 is 5.05. The number of esters is 1. The van der Waals surface area contributed by atoms with Crippen LogP contribution in [0.1, 0.15) is 37.6 Å². The highest BCUT2D eigenvalue weighted by atomic mass is 16.5. The van der Waals surface area contributed by atoms with E-state index in [1.54, 1.807) is 12.4 Å². The van der Waals surface area contributed by atoms with Crippen molar-refractivity contribution in [2.45, 2.75) is 33.1 Å². The molecule has 18 heavy (non-hydrogen) atoms. The third-order valence-electron chi connectivity index (χ3n) is 3.22. The molecule has 0 amide bonds. The molecule has 0 spiro atoms. The maximum atomic E-state index is 11.6. The molecule has 1 atom stereocenters. The maximum absolute atomic E-state index is 11.6. The zero-order valence-corrected chi connectivity index (χ0v) is 10.8. The fraction of sp³-hybridized carbons (Fsp3) is 0.500. The Balaban J connectivity index is 2.07. The van der Waals surface area contributed by atoms with Gasteiger partial charge in [0.25, 0.3) is 0 Å². The Morgan fingerprint density at radius 2 is 2.22 bits per heavy atom. The van der Waals surface area contributed by atoms with E-state index in [1.807, 2.05) is 13.8 Å². The number of rotatable bonds is 3. The van der Waals surface area contributed by atoms with Gasteiger partial charge in [-0.15, -0.1) is 0 Å². The highest BCUT2D eigenvalue weighted by Crippen LogP contribution is 2.30. The molecule has 0 fully saturated rings. The number of ether oxygens (including phenoxy) is 1. The minimum atomic E-state index is -0.0799. The SMILES string of the molecule is CCOC(=O)[C@@H]1CC=C(c2nccnc2C)CC1. The molecule has 1 aromatic heterocycles. The highest BCUT2D eigenvalue weighted by molar-refractivity contribution is 5.75. The fourth-order valence-electron chi connectivity index (χ4n) is 2.25. The van der Waals surface area contributed by atoms with E-state index in [0.717, 1.165) is 30.7 Å². The fourth-order valence-corrected chi connectivity index (χ4v) is 2.25. The van der Waals surface area contributed by atoms with E-state index >= 15 is 0 Å². The summed E-state index contributed by atoms with van der Waals surface area (Å²) in [7, 11) is 0. The smallest absolute Gasteiger partial charge is 0.309 e. The van der Waals surface area contributed by atoms with Crippen molar-refractivity contribution in [2.75, 3.05) is 6.61 Å². The second-order valence-corrected chi connectivity index (χ2v) is 4.44. The molecule has 4 nitrogen and oxygen atoms in total. The van der Waals surface area contributed by atoms with Crippen molar-refractivity contribution in [1.82, 2.24) is 9.97 Å². The first kappa shape index (κ1) is 12.7. The maximum Gasteiger partial charge on any atom is 0.309 e. The van der Waals surface area contributed by atoms with E-state index in [9.17, 15) is 4.79 Å². The Labute approximate surface area is 107 Å². The monoisotopic (exact) mass is 246 g/mol. The molecule has 0 aliphatic heterocycles. The van der Waals surface area contributed by atoms with E-state index in [-0.39, 0.29) is 11.9 Å². The number of allylic oxidation sites excluding steroid dienone is 2. The minimum absolute atomic E-state index is 0.00526. The number of aryl methyl sites for hydroxylation is 1. The molecule has 0 saturated heterocycles. The molecule has 1 aliphatic rings. The summed E-state index contributed by atoms with van der Waals surface area (Å²) in [5.41, 5.74) is 3.10. The average Bonchev–Trinajstić information content (AvgIpc) is 2.40. The summed E-state index contributed by atoms with van der Waals surface area (Å²) in [6.45, 7) is 4.25. The number of carbonyl (C=O) groups excluding carboxylic acids is 1. The number of carbonyl (C=O) groups is 1. The summed E-state index contributed by atoms with van der Waals surface area (Å²) in [5, 5.41) is 0. The van der Waals surface area contributed by atoms with Gasteiger partial charge in [-0.2, -0.15) is 0 Å². The lowest BCUT2D eigenvalue weighted by atomic mass is 9.88. The summed E-state index contributed by atoms with van der Waals surface area (Å²) in [6, 6.07) is 0. The van der Waals surface area contributed by atoms with Crippen LogP contribution in [-0.4, -0.2) is 22.5 Å².